The van der Waals surface area contributed by atoms with E-state index < -0.39 is 5.92 Å². The Morgan fingerprint density at radius 3 is 1.77 bits per heavy atom. The van der Waals surface area contributed by atoms with E-state index in [-0.39, 0.29) is 21.3 Å². The van der Waals surface area contributed by atoms with Gasteiger partial charge in [0.25, 0.3) is 0 Å². The van der Waals surface area contributed by atoms with Gasteiger partial charge in [-0.2, -0.15) is 0 Å². The molecule has 0 fully saturated rings. The van der Waals surface area contributed by atoms with E-state index in [2.05, 4.69) is 91.4 Å². The summed E-state index contributed by atoms with van der Waals surface area (Å²) in [7, 11) is 0. The highest BCUT2D eigenvalue weighted by molar-refractivity contribution is 9.13. The monoisotopic (exact) mass is 1050 g/mol. The molecule has 1 atom stereocenters. The van der Waals surface area contributed by atoms with Crippen LogP contribution in [0.1, 0.15) is 55.5 Å². The lowest BCUT2D eigenvalue weighted by atomic mass is 9.96. The molecule has 0 saturated heterocycles. The third-order valence-corrected chi connectivity index (χ3v) is 13.5. The molecule has 1 aromatic heterocycles. The molecule has 1 unspecified atom stereocenters. The minimum atomic E-state index is -0.417. The molecule has 5 aromatic carbocycles. The first-order valence-corrected chi connectivity index (χ1v) is 22.9. The molecule has 60 heavy (non-hydrogen) atoms. The van der Waals surface area contributed by atoms with Crippen LogP contribution in [0.5, 0.6) is 0 Å². The Labute approximate surface area is 383 Å². The number of ether oxygens (including phenoxy) is 3. The van der Waals surface area contributed by atoms with Gasteiger partial charge in [-0.05, 0) is 147 Å². The van der Waals surface area contributed by atoms with Crippen molar-refractivity contribution in [2.24, 2.45) is 17.8 Å². The minimum absolute atomic E-state index is 0.111. The van der Waals surface area contributed by atoms with Crippen molar-refractivity contribution in [1.29, 1.82) is 0 Å². The summed E-state index contributed by atoms with van der Waals surface area (Å²) >= 11 is 14.4. The van der Waals surface area contributed by atoms with E-state index in [0.717, 1.165) is 51.3 Å². The third-order valence-electron chi connectivity index (χ3n) is 9.76. The van der Waals surface area contributed by atoms with Gasteiger partial charge in [0.05, 0.1) is 46.9 Å². The van der Waals surface area contributed by atoms with Crippen molar-refractivity contribution in [2.75, 3.05) is 13.2 Å². The van der Waals surface area contributed by atoms with Crippen LogP contribution in [0.2, 0.25) is 0 Å². The Morgan fingerprint density at radius 1 is 0.617 bits per heavy atom. The van der Waals surface area contributed by atoms with E-state index in [1.165, 1.54) is 0 Å². The Bertz CT molecular complexity index is 2780. The SMILES string of the molecule is CC(C)COCc1ccccc1C1=CC(C=c2c(=O)c(=Cc3cc(-c4ccc(Br)c(Br)c4)[o+]c(-c4ccccc4COCC(C)C)c3)c2=O)C=C(c2ccc(Br)c(Br)c2)O1. The van der Waals surface area contributed by atoms with Gasteiger partial charge in [0, 0.05) is 48.1 Å². The van der Waals surface area contributed by atoms with E-state index in [9.17, 15) is 9.59 Å². The summed E-state index contributed by atoms with van der Waals surface area (Å²) in [6.07, 6.45) is 7.28. The molecule has 306 valence electrons. The van der Waals surface area contributed by atoms with E-state index in [0.29, 0.717) is 66.9 Å². The van der Waals surface area contributed by atoms with Crippen LogP contribution in [0.3, 0.4) is 0 Å². The van der Waals surface area contributed by atoms with Gasteiger partial charge in [-0.25, -0.2) is 4.42 Å². The average Bonchev–Trinajstić information content (AvgIpc) is 3.23. The number of hydrogen-bond acceptors (Lipinski definition) is 5. The van der Waals surface area contributed by atoms with Gasteiger partial charge in [-0.15, -0.1) is 0 Å². The summed E-state index contributed by atoms with van der Waals surface area (Å²) in [6.45, 7) is 10.6. The minimum Gasteiger partial charge on any atom is -0.457 e. The number of halogens is 4. The normalized spacial score (nSPS) is 14.0. The van der Waals surface area contributed by atoms with Crippen molar-refractivity contribution in [3.05, 3.63) is 186 Å². The van der Waals surface area contributed by atoms with Crippen LogP contribution in [0.4, 0.5) is 0 Å². The standard InChI is InChI=1S/C50H43Br4O6/c1-29(2)25-57-27-35-9-5-7-11-37(35)47-21-31(19-45(59-47)33-13-15-41(51)43(53)23-33)17-39-49(55)40(50(39)56)18-32-20-46(34-14-16-42(52)44(54)24-34)60-48(22-32)38-12-8-6-10-36(38)28-58-26-30(3)4/h5-24,29-31H,25-28H2,1-4H3/q+1. The molecule has 1 aliphatic heterocycles. The van der Waals surface area contributed by atoms with Crippen LogP contribution in [0, 0.1) is 17.8 Å². The molecule has 0 amide bonds. The molecular formula is C50H43Br4O6+. The Hall–Kier alpha value is -4.03. The molecule has 6 aromatic rings. The quantitative estimate of drug-likeness (QED) is 0.101. The highest BCUT2D eigenvalue weighted by atomic mass is 79.9. The van der Waals surface area contributed by atoms with Crippen LogP contribution in [-0.2, 0) is 27.4 Å². The smallest absolute Gasteiger partial charge is 0.361 e. The van der Waals surface area contributed by atoms with Crippen molar-refractivity contribution in [3.8, 4) is 22.6 Å². The molecule has 6 nitrogen and oxygen atoms in total. The van der Waals surface area contributed by atoms with E-state index in [4.69, 9.17) is 18.6 Å². The number of allylic oxidation sites excluding steroid dienone is 2. The van der Waals surface area contributed by atoms with Crippen LogP contribution in [0.25, 0.3) is 46.3 Å². The third kappa shape index (κ3) is 10.5. The van der Waals surface area contributed by atoms with Gasteiger partial charge in [0.2, 0.25) is 10.9 Å². The molecule has 0 saturated carbocycles. The summed E-state index contributed by atoms with van der Waals surface area (Å²) in [5.74, 6) is 2.76. The van der Waals surface area contributed by atoms with Gasteiger partial charge in [-0.1, -0.05) is 82.3 Å². The highest BCUT2D eigenvalue weighted by Gasteiger charge is 2.24. The largest absolute Gasteiger partial charge is 0.457 e. The maximum Gasteiger partial charge on any atom is 0.361 e. The van der Waals surface area contributed by atoms with Crippen LogP contribution in [-0.4, -0.2) is 13.2 Å². The summed E-state index contributed by atoms with van der Waals surface area (Å²) in [6, 6.07) is 31.4. The van der Waals surface area contributed by atoms with Crippen molar-refractivity contribution >= 4 is 87.4 Å². The van der Waals surface area contributed by atoms with E-state index >= 15 is 0 Å². The average molecular weight is 1060 g/mol. The lowest BCUT2D eigenvalue weighted by molar-refractivity contribution is 0.0968. The molecular weight excluding hydrogens is 1020 g/mol. The van der Waals surface area contributed by atoms with Crippen LogP contribution >= 0.6 is 63.7 Å². The Balaban J connectivity index is 1.31. The van der Waals surface area contributed by atoms with Crippen molar-refractivity contribution in [3.63, 3.8) is 0 Å². The lowest BCUT2D eigenvalue weighted by Gasteiger charge is -2.23. The second-order valence-corrected chi connectivity index (χ2v) is 19.0. The number of hydrogen-bond donors (Lipinski definition) is 0. The second-order valence-electron chi connectivity index (χ2n) is 15.5. The maximum absolute atomic E-state index is 14.0. The zero-order valence-corrected chi connectivity index (χ0v) is 39.9. The van der Waals surface area contributed by atoms with Gasteiger partial charge < -0.3 is 14.2 Å². The van der Waals surface area contributed by atoms with Gasteiger partial charge >= 0.3 is 11.5 Å². The molecule has 2 heterocycles. The summed E-state index contributed by atoms with van der Waals surface area (Å²) in [5, 5.41) is 0.246. The summed E-state index contributed by atoms with van der Waals surface area (Å²) in [4.78, 5) is 27.9. The highest BCUT2D eigenvalue weighted by Crippen LogP contribution is 2.37. The lowest BCUT2D eigenvalue weighted by Crippen LogP contribution is -2.64. The van der Waals surface area contributed by atoms with Gasteiger partial charge in [0.15, 0.2) is 0 Å². The fourth-order valence-electron chi connectivity index (χ4n) is 6.82. The van der Waals surface area contributed by atoms with E-state index in [1.807, 2.05) is 109 Å². The Morgan fingerprint density at radius 2 is 1.15 bits per heavy atom. The molecule has 7 rings (SSSR count). The van der Waals surface area contributed by atoms with E-state index in [1.54, 1.807) is 12.2 Å². The van der Waals surface area contributed by atoms with Crippen molar-refractivity contribution in [1.82, 2.24) is 0 Å². The summed E-state index contributed by atoms with van der Waals surface area (Å²) < 4.78 is 28.8. The molecule has 0 spiro atoms. The molecule has 0 radical (unpaired) electrons. The topological polar surface area (TPSA) is 73.1 Å². The first-order chi connectivity index (χ1) is 28.8. The van der Waals surface area contributed by atoms with Crippen LogP contribution < -0.4 is 21.3 Å². The fraction of sp³-hybridized carbons (Fsp3) is 0.220. The maximum atomic E-state index is 14.0. The summed E-state index contributed by atoms with van der Waals surface area (Å²) in [5.41, 5.74) is 5.37. The van der Waals surface area contributed by atoms with Crippen molar-refractivity contribution in [2.45, 2.75) is 40.9 Å². The van der Waals surface area contributed by atoms with Gasteiger partial charge in [-0.3, -0.25) is 9.59 Å². The van der Waals surface area contributed by atoms with Crippen molar-refractivity contribution < 1.29 is 18.6 Å². The predicted molar refractivity (Wildman–Crippen MR) is 256 cm³/mol. The zero-order valence-electron chi connectivity index (χ0n) is 33.6. The van der Waals surface area contributed by atoms with Crippen LogP contribution in [0.15, 0.2) is 141 Å². The molecule has 0 aliphatic carbocycles. The molecule has 0 bridgehead atoms. The number of benzene rings is 4. The van der Waals surface area contributed by atoms with Gasteiger partial charge in [0.1, 0.15) is 11.5 Å². The first-order valence-electron chi connectivity index (χ1n) is 19.7. The molecule has 1 aliphatic rings. The Kier molecular flexibility index (Phi) is 14.5. The predicted octanol–water partition coefficient (Wildman–Crippen LogP) is 12.2. The fourth-order valence-corrected chi connectivity index (χ4v) is 8.07. The first kappa shape index (κ1) is 44.0. The second kappa shape index (κ2) is 19.8. The molecule has 0 N–H and O–H groups in total. The number of rotatable bonds is 14. The molecule has 10 heteroatoms. The zero-order chi connectivity index (χ0) is 42.5.